The Morgan fingerprint density at radius 1 is 0.548 bits per heavy atom. The first-order valence-electron chi connectivity index (χ1n) is 12.2. The van der Waals surface area contributed by atoms with E-state index in [1.165, 1.54) is 0 Å². The second-order valence-electron chi connectivity index (χ2n) is 10.7. The van der Waals surface area contributed by atoms with E-state index in [4.69, 9.17) is 18.9 Å². The molecule has 6 nitrogen and oxygen atoms in total. The second-order valence-corrected chi connectivity index (χ2v) is 18.2. The van der Waals surface area contributed by atoms with Crippen molar-refractivity contribution in [3.63, 3.8) is 0 Å². The van der Waals surface area contributed by atoms with Crippen molar-refractivity contribution in [2.24, 2.45) is 0 Å². The maximum atomic E-state index is 12.0. The SMILES string of the molecule is CC(C)(C)OC(=O)Oc1ccc([S+](c2ccccc2)c2ccc(OC(=O)OC(C)(C)C)cc2)cc1.[F][Sb-]([F])([F])([F])([F])[F]. The third-order valence-electron chi connectivity index (χ3n) is 4.28. The molecule has 0 fully saturated rings. The Morgan fingerprint density at radius 3 is 1.12 bits per heavy atom. The first-order chi connectivity index (χ1) is 18.8. The molecule has 0 saturated heterocycles. The summed E-state index contributed by atoms with van der Waals surface area (Å²) in [4.78, 5) is 27.2. The van der Waals surface area contributed by atoms with E-state index in [2.05, 4.69) is 12.1 Å². The van der Waals surface area contributed by atoms with Gasteiger partial charge < -0.3 is 18.9 Å². The summed E-state index contributed by atoms with van der Waals surface area (Å²) in [5, 5.41) is 0. The van der Waals surface area contributed by atoms with Crippen LogP contribution in [0.4, 0.5) is 26.5 Å². The van der Waals surface area contributed by atoms with Gasteiger partial charge in [-0.25, -0.2) is 9.59 Å². The molecule has 232 valence electrons. The zero-order valence-corrected chi connectivity index (χ0v) is 26.9. The van der Waals surface area contributed by atoms with Crippen LogP contribution in [0.15, 0.2) is 93.5 Å². The molecule has 3 rings (SSSR count). The number of hydrogen-bond donors (Lipinski definition) is 0. The third kappa shape index (κ3) is 15.8. The van der Waals surface area contributed by atoms with E-state index in [1.807, 2.05) is 42.5 Å². The summed E-state index contributed by atoms with van der Waals surface area (Å²) >= 11 is -11.2. The van der Waals surface area contributed by atoms with E-state index in [9.17, 15) is 26.5 Å². The molecule has 3 aromatic rings. The molecule has 0 aliphatic rings. The first-order valence-corrected chi connectivity index (χ1v) is 19.2. The van der Waals surface area contributed by atoms with Crippen LogP contribution in [0.3, 0.4) is 0 Å². The van der Waals surface area contributed by atoms with Crippen LogP contribution in [-0.4, -0.2) is 43.0 Å². The topological polar surface area (TPSA) is 71.1 Å². The average Bonchev–Trinajstić information content (AvgIpc) is 2.78. The van der Waals surface area contributed by atoms with Crippen LogP contribution in [0.25, 0.3) is 0 Å². The maximum absolute atomic E-state index is 12.0. The van der Waals surface area contributed by atoms with Crippen molar-refractivity contribution in [1.29, 1.82) is 0 Å². The molecule has 0 radical (unpaired) electrons. The number of carbonyl (C=O) groups excluding carboxylic acids is 2. The van der Waals surface area contributed by atoms with E-state index in [1.54, 1.807) is 65.8 Å². The molecule has 0 aliphatic heterocycles. The zero-order valence-electron chi connectivity index (χ0n) is 23.6. The molecule has 0 amide bonds. The van der Waals surface area contributed by atoms with Crippen molar-refractivity contribution >= 4 is 42.7 Å². The molecule has 0 N–H and O–H groups in total. The number of halogens is 6. The number of hydrogen-bond acceptors (Lipinski definition) is 6. The van der Waals surface area contributed by atoms with Gasteiger partial charge in [0.15, 0.2) is 14.7 Å². The normalized spacial score (nSPS) is 13.5. The summed E-state index contributed by atoms with van der Waals surface area (Å²) in [6, 6.07) is 24.8. The van der Waals surface area contributed by atoms with Gasteiger partial charge in [-0.2, -0.15) is 0 Å². The number of carbonyl (C=O) groups is 2. The standard InChI is InChI=1S/C28H31O6S.6FH.Sb/c1-27(2,3)33-25(29)31-20-12-16-23(17-13-20)35(22-10-8-7-9-11-22)24-18-14-21(15-19-24)32-26(30)34-28(4,5)6;;;;;;;/h7-19H,1-6H3;6*1H;/q+1;;;;;;;+5/p-6. The van der Waals surface area contributed by atoms with E-state index >= 15 is 0 Å². The van der Waals surface area contributed by atoms with Gasteiger partial charge in [0.25, 0.3) is 0 Å². The Labute approximate surface area is 245 Å². The number of ether oxygens (including phenoxy) is 4. The van der Waals surface area contributed by atoms with Crippen LogP contribution in [0.5, 0.6) is 11.5 Å². The monoisotopic (exact) mass is 730 g/mol. The molecule has 0 atom stereocenters. The minimum absolute atomic E-state index is 0.403. The minimum atomic E-state index is -11.2. The predicted molar refractivity (Wildman–Crippen MR) is 148 cm³/mol. The van der Waals surface area contributed by atoms with Crippen LogP contribution in [0.1, 0.15) is 41.5 Å². The van der Waals surface area contributed by atoms with E-state index in [0.717, 1.165) is 14.7 Å². The van der Waals surface area contributed by atoms with Gasteiger partial charge in [0, 0.05) is 0 Å². The Bertz CT molecular complexity index is 1270. The van der Waals surface area contributed by atoms with Gasteiger partial charge in [-0.3, -0.25) is 0 Å². The molecule has 0 heterocycles. The molecule has 0 unspecified atom stereocenters. The fraction of sp³-hybridized carbons (Fsp3) is 0.286. The molecule has 0 aromatic heterocycles. The summed E-state index contributed by atoms with van der Waals surface area (Å²) in [6.45, 7) is 10.7. The molecule has 0 saturated carbocycles. The van der Waals surface area contributed by atoms with Gasteiger partial charge in [0.1, 0.15) is 22.7 Å². The molecule has 0 aliphatic carbocycles. The summed E-state index contributed by atoms with van der Waals surface area (Å²) < 4.78 is 80.6. The van der Waals surface area contributed by atoms with Crippen LogP contribution in [0, 0.1) is 0 Å². The van der Waals surface area contributed by atoms with Crippen LogP contribution in [0.2, 0.25) is 0 Å². The predicted octanol–water partition coefficient (Wildman–Crippen LogP) is 9.55. The molecule has 3 aromatic carbocycles. The Morgan fingerprint density at radius 2 is 0.833 bits per heavy atom. The van der Waals surface area contributed by atoms with E-state index in [-0.39, 0.29) is 0 Å². The van der Waals surface area contributed by atoms with Crippen LogP contribution >= 0.6 is 0 Å². The molecule has 14 heteroatoms. The molecule has 0 spiro atoms. The van der Waals surface area contributed by atoms with Gasteiger partial charge in [-0.1, -0.05) is 18.2 Å². The number of rotatable bonds is 5. The molecular formula is C28H31F6O6SSb. The van der Waals surface area contributed by atoms with Gasteiger partial charge in [-0.05, 0) is 102 Å². The first kappa shape index (κ1) is 35.1. The average molecular weight is 731 g/mol. The molecule has 0 bridgehead atoms. The van der Waals surface area contributed by atoms with Crippen molar-refractivity contribution in [1.82, 2.24) is 0 Å². The Balaban J connectivity index is 0.000000782. The molecular weight excluding hydrogens is 700 g/mol. The van der Waals surface area contributed by atoms with Gasteiger partial charge in [-0.15, -0.1) is 0 Å². The van der Waals surface area contributed by atoms with Crippen LogP contribution in [-0.2, 0) is 20.4 Å². The molecule has 42 heavy (non-hydrogen) atoms. The van der Waals surface area contributed by atoms with Crippen molar-refractivity contribution in [3.8, 4) is 11.5 Å². The third-order valence-corrected chi connectivity index (χ3v) is 6.51. The quantitative estimate of drug-likeness (QED) is 0.0857. The zero-order chi connectivity index (χ0) is 32.0. The summed E-state index contributed by atoms with van der Waals surface area (Å²) in [6.07, 6.45) is -1.49. The van der Waals surface area contributed by atoms with Crippen molar-refractivity contribution in [2.75, 3.05) is 0 Å². The van der Waals surface area contributed by atoms with Gasteiger partial charge in [0.2, 0.25) is 0 Å². The summed E-state index contributed by atoms with van der Waals surface area (Å²) in [5.74, 6) is 0.807. The van der Waals surface area contributed by atoms with Crippen molar-refractivity contribution in [3.05, 3.63) is 78.9 Å². The number of benzene rings is 3. The fourth-order valence-electron chi connectivity index (χ4n) is 2.99. The van der Waals surface area contributed by atoms with Crippen LogP contribution < -0.4 is 9.47 Å². The van der Waals surface area contributed by atoms with E-state index < -0.39 is 53.9 Å². The van der Waals surface area contributed by atoms with E-state index in [0.29, 0.717) is 11.5 Å². The van der Waals surface area contributed by atoms with Gasteiger partial charge in [0.05, 0.1) is 10.9 Å². The Kier molecular flexibility index (Phi) is 10.3. The van der Waals surface area contributed by atoms with Gasteiger partial charge >= 0.3 is 48.7 Å². The fourth-order valence-corrected chi connectivity index (χ4v) is 5.05. The summed E-state index contributed by atoms with van der Waals surface area (Å²) in [5.41, 5.74) is -1.26. The van der Waals surface area contributed by atoms with Crippen molar-refractivity contribution in [2.45, 2.75) is 67.4 Å². The summed E-state index contributed by atoms with van der Waals surface area (Å²) in [7, 11) is -0.432. The Hall–Kier alpha value is -3.05. The van der Waals surface area contributed by atoms with Crippen molar-refractivity contribution < 1.29 is 45.4 Å². The second kappa shape index (κ2) is 12.3.